The van der Waals surface area contributed by atoms with Crippen LogP contribution in [0.2, 0.25) is 0 Å². The maximum atomic E-state index is 9.39. The monoisotopic (exact) mass is 316 g/mol. The molecule has 1 aromatic heterocycles. The zero-order valence-electron chi connectivity index (χ0n) is 14.4. The van der Waals surface area contributed by atoms with Crippen LogP contribution < -0.4 is 5.73 Å². The van der Waals surface area contributed by atoms with Crippen molar-refractivity contribution in [3.63, 3.8) is 0 Å². The van der Waals surface area contributed by atoms with E-state index < -0.39 is 6.10 Å². The minimum atomic E-state index is -0.501. The number of aromatic nitrogens is 2. The highest BCUT2D eigenvalue weighted by molar-refractivity contribution is 5.88. The molecule has 1 aliphatic rings. The van der Waals surface area contributed by atoms with Gasteiger partial charge in [-0.25, -0.2) is 9.97 Å². The predicted molar refractivity (Wildman–Crippen MR) is 95.1 cm³/mol. The quantitative estimate of drug-likeness (QED) is 0.890. The lowest BCUT2D eigenvalue weighted by Gasteiger charge is -2.27. The first kappa shape index (κ1) is 17.6. The summed E-state index contributed by atoms with van der Waals surface area (Å²) < 4.78 is 0. The Balaban J connectivity index is 0.000000185. The first-order valence-corrected chi connectivity index (χ1v) is 8.33. The molecule has 1 saturated carbocycles. The third kappa shape index (κ3) is 4.88. The van der Waals surface area contributed by atoms with Crippen LogP contribution in [0.3, 0.4) is 0 Å². The number of aliphatic hydroxyl groups is 1. The summed E-state index contributed by atoms with van der Waals surface area (Å²) in [6.45, 7) is 1.71. The predicted octanol–water partition coefficient (Wildman–Crippen LogP) is 3.15. The lowest BCUT2D eigenvalue weighted by molar-refractivity contribution is 0.199. The summed E-state index contributed by atoms with van der Waals surface area (Å²) in [5.74, 6) is 0.442. The molecule has 1 unspecified atom stereocenters. The Labute approximate surface area is 138 Å². The Bertz CT molecular complexity index is 621. The normalized spacial score (nSPS) is 16.9. The summed E-state index contributed by atoms with van der Waals surface area (Å²) in [5, 5.41) is 10.2. The molecule has 0 spiro atoms. The Morgan fingerprint density at radius 2 is 1.87 bits per heavy atom. The van der Waals surface area contributed by atoms with Gasteiger partial charge in [-0.15, -0.1) is 0 Å². The first-order valence-electron chi connectivity index (χ1n) is 8.33. The topological polar surface area (TPSA) is 75.3 Å². The van der Waals surface area contributed by atoms with Crippen molar-refractivity contribution in [3.8, 4) is 0 Å². The number of nitrogens with two attached hydrogens (primary N) is 1. The van der Waals surface area contributed by atoms with Gasteiger partial charge in [-0.05, 0) is 51.6 Å². The van der Waals surface area contributed by atoms with Gasteiger partial charge in [0.25, 0.3) is 0 Å². The van der Waals surface area contributed by atoms with Crippen LogP contribution in [-0.4, -0.2) is 40.1 Å². The fraction of sp³-hybridized carbons (Fsp3) is 0.556. The van der Waals surface area contributed by atoms with Crippen LogP contribution in [0.25, 0.3) is 10.9 Å². The summed E-state index contributed by atoms with van der Waals surface area (Å²) in [6, 6.07) is 6.36. The van der Waals surface area contributed by atoms with Crippen molar-refractivity contribution < 1.29 is 5.11 Å². The third-order valence-corrected chi connectivity index (χ3v) is 4.48. The van der Waals surface area contributed by atoms with E-state index in [0.29, 0.717) is 5.82 Å². The number of benzene rings is 1. The molecule has 0 aliphatic heterocycles. The SMILES string of the molecule is CC(O)c1ccc2ncnc(N)c2c1.CN(C)C1CCCCC1. The summed E-state index contributed by atoms with van der Waals surface area (Å²) in [7, 11) is 4.38. The first-order chi connectivity index (χ1) is 11.0. The maximum Gasteiger partial charge on any atom is 0.134 e. The van der Waals surface area contributed by atoms with Crippen LogP contribution in [0, 0.1) is 0 Å². The molecule has 2 aromatic rings. The molecule has 1 fully saturated rings. The summed E-state index contributed by atoms with van der Waals surface area (Å²) in [4.78, 5) is 10.3. The molecule has 1 atom stereocenters. The number of hydrogen-bond acceptors (Lipinski definition) is 5. The van der Waals surface area contributed by atoms with E-state index in [2.05, 4.69) is 29.0 Å². The van der Waals surface area contributed by atoms with Gasteiger partial charge in [-0.1, -0.05) is 25.3 Å². The van der Waals surface area contributed by atoms with Crippen molar-refractivity contribution in [2.24, 2.45) is 0 Å². The van der Waals surface area contributed by atoms with Crippen molar-refractivity contribution in [1.82, 2.24) is 14.9 Å². The van der Waals surface area contributed by atoms with Gasteiger partial charge < -0.3 is 15.7 Å². The standard InChI is InChI=1S/C10H11N3O.C8H17N/c1-6(14)7-2-3-9-8(4-7)10(11)13-5-12-9;1-9(2)8-6-4-3-5-7-8/h2-6,14H,1H3,(H2,11,12,13);8H,3-7H2,1-2H3. The van der Waals surface area contributed by atoms with E-state index in [0.717, 1.165) is 22.5 Å². The van der Waals surface area contributed by atoms with Crippen molar-refractivity contribution >= 4 is 16.7 Å². The zero-order valence-corrected chi connectivity index (χ0v) is 14.4. The van der Waals surface area contributed by atoms with Crippen LogP contribution in [0.4, 0.5) is 5.82 Å². The smallest absolute Gasteiger partial charge is 0.134 e. The molecular formula is C18H28N4O. The number of aliphatic hydroxyl groups excluding tert-OH is 1. The molecule has 0 amide bonds. The molecule has 126 valence electrons. The second-order valence-corrected chi connectivity index (χ2v) is 6.47. The van der Waals surface area contributed by atoms with Gasteiger partial charge in [0.15, 0.2) is 0 Å². The molecule has 0 saturated heterocycles. The molecule has 5 heteroatoms. The molecule has 0 radical (unpaired) electrons. The lowest BCUT2D eigenvalue weighted by Crippen LogP contribution is -2.29. The largest absolute Gasteiger partial charge is 0.389 e. The number of rotatable bonds is 2. The highest BCUT2D eigenvalue weighted by atomic mass is 16.3. The molecule has 1 heterocycles. The van der Waals surface area contributed by atoms with Crippen LogP contribution in [-0.2, 0) is 0 Å². The number of nitrogen functional groups attached to an aromatic ring is 1. The lowest BCUT2D eigenvalue weighted by atomic mass is 9.95. The van der Waals surface area contributed by atoms with Crippen LogP contribution in [0.15, 0.2) is 24.5 Å². The Kier molecular flexibility index (Phi) is 6.30. The minimum Gasteiger partial charge on any atom is -0.389 e. The van der Waals surface area contributed by atoms with E-state index in [1.165, 1.54) is 38.4 Å². The summed E-state index contributed by atoms with van der Waals surface area (Å²) in [5.41, 5.74) is 7.30. The van der Waals surface area contributed by atoms with E-state index in [1.54, 1.807) is 6.92 Å². The zero-order chi connectivity index (χ0) is 16.8. The van der Waals surface area contributed by atoms with Gasteiger partial charge >= 0.3 is 0 Å². The Morgan fingerprint density at radius 3 is 2.43 bits per heavy atom. The van der Waals surface area contributed by atoms with E-state index >= 15 is 0 Å². The van der Waals surface area contributed by atoms with Crippen molar-refractivity contribution in [3.05, 3.63) is 30.1 Å². The maximum absolute atomic E-state index is 9.39. The highest BCUT2D eigenvalue weighted by Gasteiger charge is 2.13. The van der Waals surface area contributed by atoms with E-state index in [1.807, 2.05) is 18.2 Å². The summed E-state index contributed by atoms with van der Waals surface area (Å²) in [6.07, 6.45) is 8.13. The molecular weight excluding hydrogens is 288 g/mol. The number of nitrogens with zero attached hydrogens (tertiary/aromatic N) is 3. The average molecular weight is 316 g/mol. The van der Waals surface area contributed by atoms with Crippen molar-refractivity contribution in [2.45, 2.75) is 51.2 Å². The number of fused-ring (bicyclic) bond motifs is 1. The van der Waals surface area contributed by atoms with E-state index in [-0.39, 0.29) is 0 Å². The molecule has 3 N–H and O–H groups in total. The van der Waals surface area contributed by atoms with Crippen molar-refractivity contribution in [2.75, 3.05) is 19.8 Å². The average Bonchev–Trinajstić information content (AvgIpc) is 2.56. The van der Waals surface area contributed by atoms with Crippen LogP contribution >= 0.6 is 0 Å². The second kappa shape index (κ2) is 8.22. The third-order valence-electron chi connectivity index (χ3n) is 4.48. The number of anilines is 1. The highest BCUT2D eigenvalue weighted by Crippen LogP contribution is 2.21. The van der Waals surface area contributed by atoms with E-state index in [9.17, 15) is 5.11 Å². The van der Waals surface area contributed by atoms with Crippen LogP contribution in [0.5, 0.6) is 0 Å². The molecule has 0 bridgehead atoms. The van der Waals surface area contributed by atoms with Crippen molar-refractivity contribution in [1.29, 1.82) is 0 Å². The van der Waals surface area contributed by atoms with Gasteiger partial charge in [-0.3, -0.25) is 0 Å². The van der Waals surface area contributed by atoms with Crippen LogP contribution in [0.1, 0.15) is 50.7 Å². The molecule has 5 nitrogen and oxygen atoms in total. The van der Waals surface area contributed by atoms with Gasteiger partial charge in [0.05, 0.1) is 11.6 Å². The van der Waals surface area contributed by atoms with Gasteiger partial charge in [0.2, 0.25) is 0 Å². The van der Waals surface area contributed by atoms with E-state index in [4.69, 9.17) is 5.73 Å². The molecule has 23 heavy (non-hydrogen) atoms. The van der Waals surface area contributed by atoms with Gasteiger partial charge in [0, 0.05) is 11.4 Å². The molecule has 1 aliphatic carbocycles. The Hall–Kier alpha value is -1.72. The Morgan fingerprint density at radius 1 is 1.17 bits per heavy atom. The van der Waals surface area contributed by atoms with Gasteiger partial charge in [0.1, 0.15) is 12.1 Å². The number of hydrogen-bond donors (Lipinski definition) is 2. The fourth-order valence-corrected chi connectivity index (χ4v) is 2.95. The summed E-state index contributed by atoms with van der Waals surface area (Å²) >= 11 is 0. The van der Waals surface area contributed by atoms with Gasteiger partial charge in [-0.2, -0.15) is 0 Å². The molecule has 1 aromatic carbocycles. The molecule has 3 rings (SSSR count). The second-order valence-electron chi connectivity index (χ2n) is 6.47. The minimum absolute atomic E-state index is 0.442. The fourth-order valence-electron chi connectivity index (χ4n) is 2.95.